The number of para-hydroxylation sites is 1. The molecule has 0 aliphatic rings. The van der Waals surface area contributed by atoms with Crippen LogP contribution in [0.3, 0.4) is 0 Å². The minimum atomic E-state index is 1.05. The van der Waals surface area contributed by atoms with Crippen molar-refractivity contribution < 1.29 is 0 Å². The fraction of sp³-hybridized carbons (Fsp3) is 0. The molecule has 0 saturated carbocycles. The first-order valence-electron chi connectivity index (χ1n) is 11.5. The standard InChI is InChI=1S/C31H18N2S/c1-3-8-27-25(7-1)31-28(9-5-13-32-31)33(27)23-12-11-19-14-21-17-26-24-6-2-4-10-29(24)34-30(26)18-22(21)15-20(19)16-23/h1-18H. The molecular formula is C31H18N2S. The number of hydrogen-bond acceptors (Lipinski definition) is 2. The minimum absolute atomic E-state index is 1.05. The number of thiophene rings is 1. The van der Waals surface area contributed by atoms with Gasteiger partial charge in [-0.3, -0.25) is 4.98 Å². The molecule has 3 heterocycles. The molecule has 0 bridgehead atoms. The first kappa shape index (κ1) is 18.2. The van der Waals surface area contributed by atoms with E-state index in [1.165, 1.54) is 52.6 Å². The van der Waals surface area contributed by atoms with Crippen LogP contribution in [-0.2, 0) is 0 Å². The third kappa shape index (κ3) is 2.47. The Morgan fingerprint density at radius 1 is 0.529 bits per heavy atom. The summed E-state index contributed by atoms with van der Waals surface area (Å²) in [5.74, 6) is 0. The van der Waals surface area contributed by atoms with Crippen LogP contribution in [0.25, 0.3) is 69.3 Å². The summed E-state index contributed by atoms with van der Waals surface area (Å²) in [4.78, 5) is 4.69. The van der Waals surface area contributed by atoms with Crippen molar-refractivity contribution >= 4 is 75.0 Å². The molecule has 0 fully saturated rings. The first-order chi connectivity index (χ1) is 16.8. The molecule has 0 amide bonds. The Balaban J connectivity index is 1.40. The molecule has 8 rings (SSSR count). The Labute approximate surface area is 199 Å². The van der Waals surface area contributed by atoms with Crippen LogP contribution in [0.2, 0.25) is 0 Å². The lowest BCUT2D eigenvalue weighted by atomic mass is 10.0. The third-order valence-corrected chi connectivity index (χ3v) is 8.09. The number of rotatable bonds is 1. The van der Waals surface area contributed by atoms with Crippen LogP contribution in [0.15, 0.2) is 109 Å². The maximum atomic E-state index is 4.69. The summed E-state index contributed by atoms with van der Waals surface area (Å²) in [6.07, 6.45) is 1.88. The average molecular weight is 451 g/mol. The van der Waals surface area contributed by atoms with Crippen LogP contribution in [0, 0.1) is 0 Å². The normalized spacial score (nSPS) is 12.1. The highest BCUT2D eigenvalue weighted by Crippen LogP contribution is 2.38. The zero-order chi connectivity index (χ0) is 22.2. The molecule has 34 heavy (non-hydrogen) atoms. The van der Waals surface area contributed by atoms with Crippen molar-refractivity contribution in [2.75, 3.05) is 0 Å². The predicted molar refractivity (Wildman–Crippen MR) is 146 cm³/mol. The Morgan fingerprint density at radius 3 is 2.26 bits per heavy atom. The molecule has 0 N–H and O–H groups in total. The minimum Gasteiger partial charge on any atom is -0.308 e. The molecule has 158 valence electrons. The summed E-state index contributed by atoms with van der Waals surface area (Å²) in [5, 5.41) is 8.96. The van der Waals surface area contributed by atoms with Crippen molar-refractivity contribution in [1.29, 1.82) is 0 Å². The highest BCUT2D eigenvalue weighted by atomic mass is 32.1. The fourth-order valence-corrected chi connectivity index (χ4v) is 6.54. The second-order valence-electron chi connectivity index (χ2n) is 8.90. The molecule has 0 aliphatic carbocycles. The Kier molecular flexibility index (Phi) is 3.57. The smallest absolute Gasteiger partial charge is 0.0963 e. The average Bonchev–Trinajstić information content (AvgIpc) is 3.41. The number of benzene rings is 5. The van der Waals surface area contributed by atoms with Gasteiger partial charge in [-0.1, -0.05) is 42.5 Å². The van der Waals surface area contributed by atoms with E-state index in [4.69, 9.17) is 0 Å². The monoisotopic (exact) mass is 450 g/mol. The molecule has 0 aliphatic heterocycles. The maximum absolute atomic E-state index is 4.69. The van der Waals surface area contributed by atoms with E-state index in [1.807, 2.05) is 23.6 Å². The van der Waals surface area contributed by atoms with Crippen molar-refractivity contribution in [2.24, 2.45) is 0 Å². The highest BCUT2D eigenvalue weighted by molar-refractivity contribution is 7.25. The van der Waals surface area contributed by atoms with Gasteiger partial charge >= 0.3 is 0 Å². The summed E-state index contributed by atoms with van der Waals surface area (Å²) < 4.78 is 5.02. The van der Waals surface area contributed by atoms with Gasteiger partial charge in [0.1, 0.15) is 0 Å². The SMILES string of the molecule is c1ccc2c(c1)sc1cc3cc4cc(-n5c6ccccc6c6ncccc65)ccc4cc3cc12. The van der Waals surface area contributed by atoms with Gasteiger partial charge < -0.3 is 4.57 Å². The van der Waals surface area contributed by atoms with Crippen molar-refractivity contribution in [1.82, 2.24) is 9.55 Å². The number of fused-ring (bicyclic) bond motifs is 8. The predicted octanol–water partition coefficient (Wildman–Crippen LogP) is 8.85. The first-order valence-corrected chi connectivity index (χ1v) is 12.3. The zero-order valence-corrected chi connectivity index (χ0v) is 19.0. The van der Waals surface area contributed by atoms with E-state index in [1.54, 1.807) is 0 Å². The van der Waals surface area contributed by atoms with Gasteiger partial charge in [-0.2, -0.15) is 0 Å². The number of pyridine rings is 1. The zero-order valence-electron chi connectivity index (χ0n) is 18.2. The van der Waals surface area contributed by atoms with Gasteiger partial charge in [0, 0.05) is 37.4 Å². The van der Waals surface area contributed by atoms with E-state index < -0.39 is 0 Å². The van der Waals surface area contributed by atoms with Crippen molar-refractivity contribution in [3.63, 3.8) is 0 Å². The van der Waals surface area contributed by atoms with E-state index in [9.17, 15) is 0 Å². The number of nitrogens with zero attached hydrogens (tertiary/aromatic N) is 2. The van der Waals surface area contributed by atoms with E-state index in [-0.39, 0.29) is 0 Å². The lowest BCUT2D eigenvalue weighted by molar-refractivity contribution is 1.18. The molecule has 0 saturated heterocycles. The maximum Gasteiger partial charge on any atom is 0.0963 e. The highest BCUT2D eigenvalue weighted by Gasteiger charge is 2.13. The molecule has 5 aromatic carbocycles. The van der Waals surface area contributed by atoms with Gasteiger partial charge in [-0.25, -0.2) is 0 Å². The van der Waals surface area contributed by atoms with Crippen molar-refractivity contribution in [3.8, 4) is 5.69 Å². The summed E-state index contributed by atoms with van der Waals surface area (Å²) in [6.45, 7) is 0. The van der Waals surface area contributed by atoms with Gasteiger partial charge in [-0.15, -0.1) is 11.3 Å². The lowest BCUT2D eigenvalue weighted by Crippen LogP contribution is -1.93. The van der Waals surface area contributed by atoms with Crippen LogP contribution < -0.4 is 0 Å². The molecule has 0 atom stereocenters. The van der Waals surface area contributed by atoms with E-state index in [0.717, 1.165) is 16.7 Å². The second-order valence-corrected chi connectivity index (χ2v) is 9.98. The summed E-state index contributed by atoms with van der Waals surface area (Å²) in [5.41, 5.74) is 4.52. The van der Waals surface area contributed by atoms with Gasteiger partial charge in [0.15, 0.2) is 0 Å². The molecule has 0 unspecified atom stereocenters. The molecule has 0 radical (unpaired) electrons. The van der Waals surface area contributed by atoms with Crippen LogP contribution in [0.4, 0.5) is 0 Å². The third-order valence-electron chi connectivity index (χ3n) is 6.96. The van der Waals surface area contributed by atoms with Crippen LogP contribution >= 0.6 is 11.3 Å². The molecule has 3 aromatic heterocycles. The molecule has 8 aromatic rings. The topological polar surface area (TPSA) is 17.8 Å². The van der Waals surface area contributed by atoms with Crippen molar-refractivity contribution in [3.05, 3.63) is 109 Å². The van der Waals surface area contributed by atoms with Crippen LogP contribution in [0.1, 0.15) is 0 Å². The van der Waals surface area contributed by atoms with E-state index in [2.05, 4.69) is 107 Å². The molecular weight excluding hydrogens is 432 g/mol. The summed E-state index contributed by atoms with van der Waals surface area (Å²) >= 11 is 1.87. The van der Waals surface area contributed by atoms with Crippen LogP contribution in [-0.4, -0.2) is 9.55 Å². The molecule has 2 nitrogen and oxygen atoms in total. The van der Waals surface area contributed by atoms with Gasteiger partial charge in [0.05, 0.1) is 16.6 Å². The van der Waals surface area contributed by atoms with Gasteiger partial charge in [-0.05, 0) is 82.2 Å². The van der Waals surface area contributed by atoms with Gasteiger partial charge in [0.2, 0.25) is 0 Å². The molecule has 3 heteroatoms. The van der Waals surface area contributed by atoms with Crippen LogP contribution in [0.5, 0.6) is 0 Å². The largest absolute Gasteiger partial charge is 0.308 e. The van der Waals surface area contributed by atoms with Gasteiger partial charge in [0.25, 0.3) is 0 Å². The summed E-state index contributed by atoms with van der Waals surface area (Å²) in [7, 11) is 0. The molecule has 0 spiro atoms. The quantitative estimate of drug-likeness (QED) is 0.228. The number of hydrogen-bond donors (Lipinski definition) is 0. The Hall–Kier alpha value is -4.21. The Morgan fingerprint density at radius 2 is 1.29 bits per heavy atom. The van der Waals surface area contributed by atoms with E-state index >= 15 is 0 Å². The fourth-order valence-electron chi connectivity index (χ4n) is 5.41. The second kappa shape index (κ2) is 6.66. The van der Waals surface area contributed by atoms with Crippen molar-refractivity contribution in [2.45, 2.75) is 0 Å². The Bertz CT molecular complexity index is 2020. The summed E-state index contributed by atoms with van der Waals surface area (Å²) in [6, 6.07) is 37.6. The number of aromatic nitrogens is 2. The van der Waals surface area contributed by atoms with E-state index in [0.29, 0.717) is 0 Å². The lowest BCUT2D eigenvalue weighted by Gasteiger charge is -2.10.